The van der Waals surface area contributed by atoms with E-state index >= 15 is 0 Å². The zero-order valence-electron chi connectivity index (χ0n) is 11.2. The molecule has 0 spiro atoms. The minimum Gasteiger partial charge on any atom is -0.399 e. The molecule has 2 aromatic rings. The van der Waals surface area contributed by atoms with Crippen LogP contribution in [-0.2, 0) is 17.6 Å². The first-order valence-corrected chi connectivity index (χ1v) is 7.42. The lowest BCUT2D eigenvalue weighted by molar-refractivity contribution is -0.00318. The van der Waals surface area contributed by atoms with E-state index in [1.54, 1.807) is 11.3 Å². The molecular weight excluding hydrogens is 256 g/mol. The van der Waals surface area contributed by atoms with Gasteiger partial charge in [0.1, 0.15) is 0 Å². The lowest BCUT2D eigenvalue weighted by atomic mass is 10.1. The summed E-state index contributed by atoms with van der Waals surface area (Å²) in [5, 5.41) is 1.17. The summed E-state index contributed by atoms with van der Waals surface area (Å²) in [5.41, 5.74) is 8.98. The number of rotatable bonds is 2. The molecule has 0 fully saturated rings. The Morgan fingerprint density at radius 2 is 2.05 bits per heavy atom. The molecular formula is C15H18N2OS. The van der Waals surface area contributed by atoms with Crippen LogP contribution in [0, 0.1) is 0 Å². The third kappa shape index (κ3) is 2.65. The van der Waals surface area contributed by atoms with Gasteiger partial charge in [0.2, 0.25) is 0 Å². The Labute approximate surface area is 117 Å². The molecule has 0 saturated heterocycles. The van der Waals surface area contributed by atoms with E-state index < -0.39 is 0 Å². The molecule has 0 radical (unpaired) electrons. The minimum absolute atomic E-state index is 0.177. The summed E-state index contributed by atoms with van der Waals surface area (Å²) in [4.78, 5) is 6.07. The Hall–Kier alpha value is -1.39. The Bertz CT molecular complexity index is 576. The fraction of sp³-hybridized carbons (Fsp3) is 0.400. The van der Waals surface area contributed by atoms with Crippen LogP contribution >= 0.6 is 11.3 Å². The molecule has 3 rings (SSSR count). The highest BCUT2D eigenvalue weighted by Gasteiger charge is 2.25. The largest absolute Gasteiger partial charge is 0.399 e. The van der Waals surface area contributed by atoms with Crippen LogP contribution in [0.3, 0.4) is 0 Å². The van der Waals surface area contributed by atoms with Crippen molar-refractivity contribution in [3.8, 4) is 0 Å². The third-order valence-electron chi connectivity index (χ3n) is 3.39. The summed E-state index contributed by atoms with van der Waals surface area (Å²) in [6.07, 6.45) is 2.25. The van der Waals surface area contributed by atoms with E-state index in [2.05, 4.69) is 26.0 Å². The number of hydrogen-bond acceptors (Lipinski definition) is 4. The summed E-state index contributed by atoms with van der Waals surface area (Å²) >= 11 is 1.78. The van der Waals surface area contributed by atoms with Gasteiger partial charge in [0.15, 0.2) is 0 Å². The van der Waals surface area contributed by atoms with Crippen LogP contribution in [0.5, 0.6) is 0 Å². The average Bonchev–Trinajstić information content (AvgIpc) is 2.75. The first-order valence-electron chi connectivity index (χ1n) is 6.60. The SMILES string of the molecule is CC1Cc2nc(Cc3ccc(N)cc3)sc2C(C)O1. The van der Waals surface area contributed by atoms with Gasteiger partial charge < -0.3 is 10.5 Å². The summed E-state index contributed by atoms with van der Waals surface area (Å²) in [7, 11) is 0. The Kier molecular flexibility index (Phi) is 3.29. The maximum absolute atomic E-state index is 5.85. The lowest BCUT2D eigenvalue weighted by Gasteiger charge is -2.23. The van der Waals surface area contributed by atoms with E-state index in [0.29, 0.717) is 0 Å². The standard InChI is InChI=1S/C15H18N2OS/c1-9-7-13-15(10(2)18-9)19-14(17-13)8-11-3-5-12(16)6-4-11/h3-6,9-10H,7-8,16H2,1-2H3. The van der Waals surface area contributed by atoms with Crippen molar-refractivity contribution in [3.63, 3.8) is 0 Å². The second kappa shape index (κ2) is 4.94. The van der Waals surface area contributed by atoms with Gasteiger partial charge in [0, 0.05) is 18.5 Å². The third-order valence-corrected chi connectivity index (χ3v) is 4.65. The number of ether oxygens (including phenoxy) is 1. The normalized spacial score (nSPS) is 22.2. The van der Waals surface area contributed by atoms with Crippen molar-refractivity contribution >= 4 is 17.0 Å². The van der Waals surface area contributed by atoms with Crippen molar-refractivity contribution in [2.24, 2.45) is 0 Å². The van der Waals surface area contributed by atoms with Gasteiger partial charge in [-0.3, -0.25) is 0 Å². The number of hydrogen-bond donors (Lipinski definition) is 1. The highest BCUT2D eigenvalue weighted by atomic mass is 32.1. The monoisotopic (exact) mass is 274 g/mol. The van der Waals surface area contributed by atoms with Gasteiger partial charge in [0.25, 0.3) is 0 Å². The van der Waals surface area contributed by atoms with E-state index in [-0.39, 0.29) is 12.2 Å². The van der Waals surface area contributed by atoms with E-state index in [9.17, 15) is 0 Å². The zero-order valence-corrected chi connectivity index (χ0v) is 12.0. The summed E-state index contributed by atoms with van der Waals surface area (Å²) in [6, 6.07) is 8.02. The number of nitrogen functional groups attached to an aromatic ring is 1. The minimum atomic E-state index is 0.177. The fourth-order valence-electron chi connectivity index (χ4n) is 2.49. The highest BCUT2D eigenvalue weighted by Crippen LogP contribution is 2.34. The lowest BCUT2D eigenvalue weighted by Crippen LogP contribution is -2.20. The zero-order chi connectivity index (χ0) is 13.4. The molecule has 0 amide bonds. The summed E-state index contributed by atoms with van der Waals surface area (Å²) < 4.78 is 5.85. The maximum atomic E-state index is 5.85. The quantitative estimate of drug-likeness (QED) is 0.854. The number of nitrogens with two attached hydrogens (primary N) is 1. The molecule has 0 saturated carbocycles. The van der Waals surface area contributed by atoms with Crippen LogP contribution in [0.2, 0.25) is 0 Å². The second-order valence-electron chi connectivity index (χ2n) is 5.13. The van der Waals surface area contributed by atoms with Gasteiger partial charge in [-0.15, -0.1) is 11.3 Å². The predicted octanol–water partition coefficient (Wildman–Crippen LogP) is 3.34. The molecule has 1 aromatic heterocycles. The first kappa shape index (κ1) is 12.6. The fourth-order valence-corrected chi connectivity index (χ4v) is 3.61. The van der Waals surface area contributed by atoms with Crippen LogP contribution in [0.25, 0.3) is 0 Å². The smallest absolute Gasteiger partial charge is 0.0975 e. The van der Waals surface area contributed by atoms with Crippen molar-refractivity contribution in [3.05, 3.63) is 45.4 Å². The highest BCUT2D eigenvalue weighted by molar-refractivity contribution is 7.11. The second-order valence-corrected chi connectivity index (χ2v) is 6.25. The van der Waals surface area contributed by atoms with Gasteiger partial charge in [0.05, 0.1) is 27.8 Å². The Balaban J connectivity index is 1.83. The number of aromatic nitrogens is 1. The van der Waals surface area contributed by atoms with Gasteiger partial charge in [-0.2, -0.15) is 0 Å². The van der Waals surface area contributed by atoms with E-state index in [0.717, 1.165) is 18.5 Å². The van der Waals surface area contributed by atoms with Gasteiger partial charge >= 0.3 is 0 Å². The van der Waals surface area contributed by atoms with Crippen molar-refractivity contribution in [1.29, 1.82) is 0 Å². The molecule has 19 heavy (non-hydrogen) atoms. The Morgan fingerprint density at radius 3 is 2.79 bits per heavy atom. The molecule has 3 nitrogen and oxygen atoms in total. The molecule has 100 valence electrons. The van der Waals surface area contributed by atoms with Crippen LogP contribution in [0.15, 0.2) is 24.3 Å². The first-order chi connectivity index (χ1) is 9.11. The average molecular weight is 274 g/mol. The summed E-state index contributed by atoms with van der Waals surface area (Å²) in [6.45, 7) is 4.22. The Morgan fingerprint density at radius 1 is 1.32 bits per heavy atom. The molecule has 2 atom stereocenters. The van der Waals surface area contributed by atoms with Crippen LogP contribution < -0.4 is 5.73 Å². The number of benzene rings is 1. The van der Waals surface area contributed by atoms with Crippen LogP contribution in [0.4, 0.5) is 5.69 Å². The number of fused-ring (bicyclic) bond motifs is 1. The number of anilines is 1. The molecule has 2 N–H and O–H groups in total. The van der Waals surface area contributed by atoms with E-state index in [1.807, 2.05) is 12.1 Å². The predicted molar refractivity (Wildman–Crippen MR) is 78.4 cm³/mol. The molecule has 1 aromatic carbocycles. The molecule has 2 unspecified atom stereocenters. The molecule has 0 bridgehead atoms. The molecule has 1 aliphatic rings. The van der Waals surface area contributed by atoms with Crippen molar-refractivity contribution in [2.75, 3.05) is 5.73 Å². The topological polar surface area (TPSA) is 48.1 Å². The van der Waals surface area contributed by atoms with Crippen LogP contribution in [-0.4, -0.2) is 11.1 Å². The van der Waals surface area contributed by atoms with Crippen molar-refractivity contribution in [1.82, 2.24) is 4.98 Å². The van der Waals surface area contributed by atoms with Crippen molar-refractivity contribution < 1.29 is 4.74 Å². The van der Waals surface area contributed by atoms with Crippen molar-refractivity contribution in [2.45, 2.75) is 38.9 Å². The number of nitrogens with zero attached hydrogens (tertiary/aromatic N) is 1. The van der Waals surface area contributed by atoms with E-state index in [4.69, 9.17) is 15.5 Å². The molecule has 4 heteroatoms. The summed E-state index contributed by atoms with van der Waals surface area (Å²) in [5.74, 6) is 0. The molecule has 0 aliphatic carbocycles. The molecule has 2 heterocycles. The molecule has 1 aliphatic heterocycles. The van der Waals surface area contributed by atoms with Gasteiger partial charge in [-0.25, -0.2) is 4.98 Å². The van der Waals surface area contributed by atoms with Gasteiger partial charge in [-0.1, -0.05) is 12.1 Å². The van der Waals surface area contributed by atoms with Gasteiger partial charge in [-0.05, 0) is 31.5 Å². The maximum Gasteiger partial charge on any atom is 0.0975 e. The van der Waals surface area contributed by atoms with E-state index in [1.165, 1.54) is 21.1 Å². The number of thiazole rings is 1. The van der Waals surface area contributed by atoms with Crippen LogP contribution in [0.1, 0.15) is 41.1 Å².